The molecule has 0 radical (unpaired) electrons. The van der Waals surface area contributed by atoms with Crippen LogP contribution in [0.4, 0.5) is 5.82 Å². The SMILES string of the molecule is CC(C)[Si]1(C(C)C)C[Si](C(C)C)(C(C)C)OC2[CH-][C@H](n3cnc4c(N)ncnc43)O[C@@H]2CO1.[W]. The maximum absolute atomic E-state index is 7.27. The zero-order chi connectivity index (χ0) is 24.1. The standard InChI is InChI=1S/C23H40N5O3Si2.W/c1-14(2)32(15(3)4)13-33(16(5)6,17(7)8)31-18-9-20(30-19(18)10-29-32)28-12-27-21-22(24)25-11-26-23(21)28;/h9,11-12,14-20H,10,13H2,1-8H3,(H2,24,25,26);/q-1;/t18?,19-,20-;/m1./s1. The van der Waals surface area contributed by atoms with Gasteiger partial charge >= 0.3 is 0 Å². The van der Waals surface area contributed by atoms with Gasteiger partial charge in [0.25, 0.3) is 0 Å². The van der Waals surface area contributed by atoms with Crippen LogP contribution in [-0.2, 0) is 34.7 Å². The van der Waals surface area contributed by atoms with Crippen LogP contribution in [0.15, 0.2) is 12.7 Å². The number of anilines is 1. The smallest absolute Gasteiger partial charge is 0.197 e. The van der Waals surface area contributed by atoms with E-state index in [1.54, 1.807) is 6.33 Å². The molecule has 2 aliphatic heterocycles. The number of fused-ring (bicyclic) bond motifs is 2. The molecular weight excluding hydrogens is 634 g/mol. The fourth-order valence-corrected chi connectivity index (χ4v) is 21.6. The molecule has 2 aromatic rings. The largest absolute Gasteiger partial charge is 0.441 e. The summed E-state index contributed by atoms with van der Waals surface area (Å²) in [7, 11) is -4.28. The quantitative estimate of drug-likeness (QED) is 0.353. The molecule has 8 nitrogen and oxygen atoms in total. The molecule has 11 heteroatoms. The Bertz CT molecular complexity index is 971. The number of hydrogen-bond acceptors (Lipinski definition) is 7. The Morgan fingerprint density at radius 3 is 2.18 bits per heavy atom. The topological polar surface area (TPSA) is 97.3 Å². The van der Waals surface area contributed by atoms with Crippen LogP contribution >= 0.6 is 0 Å². The minimum atomic E-state index is -2.19. The van der Waals surface area contributed by atoms with E-state index in [0.29, 0.717) is 45.8 Å². The van der Waals surface area contributed by atoms with Crippen molar-refractivity contribution in [2.75, 3.05) is 12.3 Å². The number of imidazole rings is 1. The molecule has 34 heavy (non-hydrogen) atoms. The van der Waals surface area contributed by atoms with Gasteiger partial charge in [0.2, 0.25) is 0 Å². The number of ether oxygens (including phenoxy) is 1. The Morgan fingerprint density at radius 2 is 1.59 bits per heavy atom. The number of nitrogens with zero attached hydrogens (tertiary/aromatic N) is 4. The fourth-order valence-electron chi connectivity index (χ4n) is 5.82. The van der Waals surface area contributed by atoms with E-state index in [0.717, 1.165) is 5.67 Å². The van der Waals surface area contributed by atoms with Gasteiger partial charge in [0.05, 0.1) is 19.0 Å². The zero-order valence-electron chi connectivity index (χ0n) is 21.7. The molecular formula is C23H40N5O3Si2W-. The molecule has 4 rings (SSSR count). The summed E-state index contributed by atoms with van der Waals surface area (Å²) in [6, 6.07) is 0. The minimum absolute atomic E-state index is 0. The van der Waals surface area contributed by atoms with Crippen molar-refractivity contribution in [1.29, 1.82) is 0 Å². The molecule has 4 heterocycles. The third-order valence-corrected chi connectivity index (χ3v) is 21.7. The summed E-state index contributed by atoms with van der Waals surface area (Å²) in [5.74, 6) is 0.373. The number of nitrogens with two attached hydrogens (primary N) is 1. The van der Waals surface area contributed by atoms with Crippen LogP contribution in [0, 0.1) is 6.42 Å². The van der Waals surface area contributed by atoms with Crippen LogP contribution in [0.5, 0.6) is 0 Å². The molecule has 2 saturated heterocycles. The first-order valence-electron chi connectivity index (χ1n) is 12.3. The fraction of sp³-hybridized carbons (Fsp3) is 0.739. The van der Waals surface area contributed by atoms with Gasteiger partial charge in [0, 0.05) is 27.3 Å². The van der Waals surface area contributed by atoms with E-state index in [2.05, 4.69) is 76.8 Å². The van der Waals surface area contributed by atoms with Crippen molar-refractivity contribution >= 4 is 33.6 Å². The Hall–Kier alpha value is -0.648. The van der Waals surface area contributed by atoms with E-state index in [4.69, 9.17) is 19.3 Å². The van der Waals surface area contributed by atoms with Gasteiger partial charge in [-0.25, -0.2) is 15.0 Å². The van der Waals surface area contributed by atoms with E-state index >= 15 is 0 Å². The summed E-state index contributed by atoms with van der Waals surface area (Å²) in [6.45, 7) is 19.3. The summed E-state index contributed by atoms with van der Waals surface area (Å²) < 4.78 is 22.8. The summed E-state index contributed by atoms with van der Waals surface area (Å²) in [5, 5.41) is 0. The van der Waals surface area contributed by atoms with Gasteiger partial charge < -0.3 is 23.9 Å². The normalized spacial score (nSPS) is 26.6. The van der Waals surface area contributed by atoms with Gasteiger partial charge in [0.1, 0.15) is 11.8 Å². The summed E-state index contributed by atoms with van der Waals surface area (Å²) in [4.78, 5) is 12.9. The van der Waals surface area contributed by atoms with Gasteiger partial charge in [-0.1, -0.05) is 55.4 Å². The van der Waals surface area contributed by atoms with Gasteiger partial charge in [-0.3, -0.25) is 6.42 Å². The minimum Gasteiger partial charge on any atom is -0.441 e. The Kier molecular flexibility index (Phi) is 8.53. The molecule has 0 spiro atoms. The molecule has 2 N–H and O–H groups in total. The Morgan fingerprint density at radius 1 is 0.971 bits per heavy atom. The molecule has 2 fully saturated rings. The molecule has 3 atom stereocenters. The average Bonchev–Trinajstić information content (AvgIpc) is 3.32. The molecule has 0 bridgehead atoms. The van der Waals surface area contributed by atoms with E-state index in [1.165, 1.54) is 6.33 Å². The number of hydrogen-bond donors (Lipinski definition) is 1. The van der Waals surface area contributed by atoms with Crippen LogP contribution in [-0.4, -0.2) is 55.0 Å². The van der Waals surface area contributed by atoms with Crippen molar-refractivity contribution in [1.82, 2.24) is 19.5 Å². The second kappa shape index (κ2) is 10.4. The van der Waals surface area contributed by atoms with Crippen molar-refractivity contribution in [2.45, 2.75) is 102 Å². The first-order chi connectivity index (χ1) is 15.5. The first kappa shape index (κ1) is 27.9. The first-order valence-corrected chi connectivity index (χ1v) is 16.8. The molecule has 0 aromatic carbocycles. The monoisotopic (exact) mass is 674 g/mol. The van der Waals surface area contributed by atoms with E-state index in [-0.39, 0.29) is 39.5 Å². The summed E-state index contributed by atoms with van der Waals surface area (Å²) >= 11 is 0. The van der Waals surface area contributed by atoms with Crippen molar-refractivity contribution in [3.63, 3.8) is 0 Å². The maximum atomic E-state index is 7.27. The van der Waals surface area contributed by atoms with Crippen molar-refractivity contribution in [3.05, 3.63) is 19.1 Å². The molecule has 2 aliphatic rings. The molecule has 1 unspecified atom stereocenters. The summed E-state index contributed by atoms with van der Waals surface area (Å²) in [6.07, 6.45) is 4.76. The Balaban J connectivity index is 0.00000324. The van der Waals surface area contributed by atoms with Crippen LogP contribution in [0.25, 0.3) is 11.2 Å². The predicted molar refractivity (Wildman–Crippen MR) is 135 cm³/mol. The summed E-state index contributed by atoms with van der Waals surface area (Å²) in [5.41, 5.74) is 10.4. The third kappa shape index (κ3) is 4.59. The second-order valence-electron chi connectivity index (χ2n) is 10.9. The van der Waals surface area contributed by atoms with Crippen molar-refractivity contribution < 1.29 is 34.7 Å². The van der Waals surface area contributed by atoms with Crippen LogP contribution < -0.4 is 5.73 Å². The van der Waals surface area contributed by atoms with Gasteiger partial charge in [-0.15, -0.1) is 0 Å². The Labute approximate surface area is 220 Å². The van der Waals surface area contributed by atoms with Gasteiger partial charge in [-0.2, -0.15) is 0 Å². The molecule has 0 saturated carbocycles. The predicted octanol–water partition coefficient (Wildman–Crippen LogP) is 4.99. The zero-order valence-corrected chi connectivity index (χ0v) is 26.6. The average molecular weight is 675 g/mol. The third-order valence-electron chi connectivity index (χ3n) is 8.03. The van der Waals surface area contributed by atoms with Crippen LogP contribution in [0.3, 0.4) is 0 Å². The van der Waals surface area contributed by atoms with Crippen molar-refractivity contribution in [2.24, 2.45) is 0 Å². The number of aromatic nitrogens is 4. The van der Waals surface area contributed by atoms with Gasteiger partial charge in [-0.05, 0) is 33.9 Å². The molecule has 0 amide bonds. The molecule has 190 valence electrons. The van der Waals surface area contributed by atoms with Crippen LogP contribution in [0.1, 0.15) is 61.6 Å². The van der Waals surface area contributed by atoms with E-state index in [9.17, 15) is 0 Å². The van der Waals surface area contributed by atoms with Crippen molar-refractivity contribution in [3.8, 4) is 0 Å². The van der Waals surface area contributed by atoms with E-state index in [1.807, 2.05) is 4.57 Å². The number of nitrogen functional groups attached to an aromatic ring is 1. The maximum Gasteiger partial charge on any atom is 0.197 e. The van der Waals surface area contributed by atoms with Crippen LogP contribution in [0.2, 0.25) is 27.8 Å². The molecule has 2 aromatic heterocycles. The second-order valence-corrected chi connectivity index (χ2v) is 21.3. The van der Waals surface area contributed by atoms with E-state index < -0.39 is 16.6 Å². The number of rotatable bonds is 5. The van der Waals surface area contributed by atoms with Gasteiger partial charge in [0.15, 0.2) is 28.1 Å². The molecule has 0 aliphatic carbocycles.